The molecule has 0 saturated carbocycles. The fraction of sp³-hybridized carbons (Fsp3) is 0.462. The average molecular weight is 222 g/mol. The Morgan fingerprint density at radius 2 is 1.69 bits per heavy atom. The smallest absolute Gasteiger partial charge is 0.311 e. The van der Waals surface area contributed by atoms with Gasteiger partial charge in [0.05, 0.1) is 5.92 Å². The monoisotopic (exact) mass is 222 g/mol. The molecule has 0 heterocycles. The van der Waals surface area contributed by atoms with Crippen LogP contribution in [0.2, 0.25) is 0 Å². The SMILES string of the molecule is Cc1cc(O)c(C(C(=O)O)C(C)C)cc1C. The summed E-state index contributed by atoms with van der Waals surface area (Å²) in [5.74, 6) is -1.53. The lowest BCUT2D eigenvalue weighted by Crippen LogP contribution is -2.17. The predicted molar refractivity (Wildman–Crippen MR) is 62.8 cm³/mol. The number of carbonyl (C=O) groups is 1. The van der Waals surface area contributed by atoms with Crippen LogP contribution in [-0.4, -0.2) is 16.2 Å². The average Bonchev–Trinajstić information content (AvgIpc) is 2.12. The van der Waals surface area contributed by atoms with E-state index in [1.165, 1.54) is 0 Å². The third-order valence-corrected chi connectivity index (χ3v) is 2.91. The number of carboxylic acids is 1. The quantitative estimate of drug-likeness (QED) is 0.826. The standard InChI is InChI=1S/C13H18O3/c1-7(2)12(13(15)16)10-5-8(3)9(4)6-11(10)14/h5-7,12,14H,1-4H3,(H,15,16). The van der Waals surface area contributed by atoms with Gasteiger partial charge in [-0.05, 0) is 37.0 Å². The van der Waals surface area contributed by atoms with Gasteiger partial charge in [0.1, 0.15) is 5.75 Å². The molecule has 1 aromatic rings. The van der Waals surface area contributed by atoms with Gasteiger partial charge in [-0.1, -0.05) is 19.9 Å². The summed E-state index contributed by atoms with van der Waals surface area (Å²) in [5.41, 5.74) is 2.47. The van der Waals surface area contributed by atoms with Gasteiger partial charge in [0.2, 0.25) is 0 Å². The van der Waals surface area contributed by atoms with Gasteiger partial charge in [-0.15, -0.1) is 0 Å². The molecule has 0 amide bonds. The maximum absolute atomic E-state index is 11.2. The Bertz CT molecular complexity index is 408. The van der Waals surface area contributed by atoms with Gasteiger partial charge >= 0.3 is 5.97 Å². The third kappa shape index (κ3) is 2.35. The van der Waals surface area contributed by atoms with Crippen LogP contribution in [-0.2, 0) is 4.79 Å². The topological polar surface area (TPSA) is 57.5 Å². The minimum absolute atomic E-state index is 0.0505. The molecule has 0 saturated heterocycles. The molecule has 1 atom stereocenters. The van der Waals surface area contributed by atoms with Gasteiger partial charge in [-0.3, -0.25) is 4.79 Å². The second kappa shape index (κ2) is 4.56. The molecule has 1 aromatic carbocycles. The molecule has 2 N–H and O–H groups in total. The molecule has 0 bridgehead atoms. The van der Waals surface area contributed by atoms with Crippen molar-refractivity contribution in [2.24, 2.45) is 5.92 Å². The third-order valence-electron chi connectivity index (χ3n) is 2.91. The number of rotatable bonds is 3. The highest BCUT2D eigenvalue weighted by molar-refractivity contribution is 5.77. The van der Waals surface area contributed by atoms with Gasteiger partial charge in [0, 0.05) is 5.56 Å². The molecule has 0 spiro atoms. The van der Waals surface area contributed by atoms with E-state index >= 15 is 0 Å². The molecule has 88 valence electrons. The van der Waals surface area contributed by atoms with Crippen molar-refractivity contribution < 1.29 is 15.0 Å². The Labute approximate surface area is 95.7 Å². The van der Waals surface area contributed by atoms with Crippen LogP contribution < -0.4 is 0 Å². The molecule has 0 fully saturated rings. The van der Waals surface area contributed by atoms with E-state index < -0.39 is 11.9 Å². The van der Waals surface area contributed by atoms with E-state index in [4.69, 9.17) is 0 Å². The van der Waals surface area contributed by atoms with Crippen molar-refractivity contribution in [1.82, 2.24) is 0 Å². The Morgan fingerprint density at radius 3 is 2.12 bits per heavy atom. The van der Waals surface area contributed by atoms with Gasteiger partial charge in [-0.2, -0.15) is 0 Å². The van der Waals surface area contributed by atoms with Crippen molar-refractivity contribution in [2.75, 3.05) is 0 Å². The normalized spacial score (nSPS) is 12.8. The highest BCUT2D eigenvalue weighted by Gasteiger charge is 2.26. The molecule has 0 aromatic heterocycles. The zero-order valence-corrected chi connectivity index (χ0v) is 10.1. The predicted octanol–water partition coefficient (Wildman–Crippen LogP) is 2.83. The summed E-state index contributed by atoms with van der Waals surface area (Å²) in [7, 11) is 0. The lowest BCUT2D eigenvalue weighted by molar-refractivity contribution is -0.139. The van der Waals surface area contributed by atoms with Gasteiger partial charge in [0.25, 0.3) is 0 Å². The molecular weight excluding hydrogens is 204 g/mol. The maximum Gasteiger partial charge on any atom is 0.311 e. The molecule has 1 unspecified atom stereocenters. The summed E-state index contributed by atoms with van der Waals surface area (Å²) in [6, 6.07) is 3.40. The number of aromatic hydroxyl groups is 1. The maximum atomic E-state index is 11.2. The zero-order valence-electron chi connectivity index (χ0n) is 10.1. The molecule has 0 radical (unpaired) electrons. The first-order chi connectivity index (χ1) is 7.34. The number of carboxylic acid groups (broad SMARTS) is 1. The zero-order chi connectivity index (χ0) is 12.5. The lowest BCUT2D eigenvalue weighted by atomic mass is 9.86. The van der Waals surface area contributed by atoms with Crippen molar-refractivity contribution in [3.8, 4) is 5.75 Å². The number of benzene rings is 1. The van der Waals surface area contributed by atoms with Gasteiger partial charge in [-0.25, -0.2) is 0 Å². The van der Waals surface area contributed by atoms with Crippen LogP contribution in [0.4, 0.5) is 0 Å². The minimum Gasteiger partial charge on any atom is -0.508 e. The minimum atomic E-state index is -0.895. The molecular formula is C13H18O3. The number of phenols is 1. The summed E-state index contributed by atoms with van der Waals surface area (Å²) in [6.07, 6.45) is 0. The Kier molecular flexibility index (Phi) is 3.58. The van der Waals surface area contributed by atoms with Crippen LogP contribution in [0.3, 0.4) is 0 Å². The molecule has 3 nitrogen and oxygen atoms in total. The summed E-state index contributed by atoms with van der Waals surface area (Å²) >= 11 is 0. The van der Waals surface area contributed by atoms with Crippen LogP contribution in [0.15, 0.2) is 12.1 Å². The first kappa shape index (κ1) is 12.6. The van der Waals surface area contributed by atoms with E-state index in [1.807, 2.05) is 27.7 Å². The van der Waals surface area contributed by atoms with E-state index in [0.29, 0.717) is 5.56 Å². The lowest BCUT2D eigenvalue weighted by Gasteiger charge is -2.19. The Hall–Kier alpha value is -1.51. The van der Waals surface area contributed by atoms with Crippen molar-refractivity contribution in [1.29, 1.82) is 0 Å². The van der Waals surface area contributed by atoms with Crippen LogP contribution >= 0.6 is 0 Å². The molecule has 1 rings (SSSR count). The van der Waals surface area contributed by atoms with Crippen molar-refractivity contribution in [3.63, 3.8) is 0 Å². The van der Waals surface area contributed by atoms with E-state index in [1.54, 1.807) is 12.1 Å². The molecule has 0 aliphatic heterocycles. The highest BCUT2D eigenvalue weighted by atomic mass is 16.4. The van der Waals surface area contributed by atoms with Crippen LogP contribution in [0.5, 0.6) is 5.75 Å². The summed E-state index contributed by atoms with van der Waals surface area (Å²) in [6.45, 7) is 7.49. The van der Waals surface area contributed by atoms with Crippen molar-refractivity contribution >= 4 is 5.97 Å². The number of phenolic OH excluding ortho intramolecular Hbond substituents is 1. The number of hydrogen-bond donors (Lipinski definition) is 2. The molecule has 0 aliphatic carbocycles. The van der Waals surface area contributed by atoms with Crippen LogP contribution in [0.25, 0.3) is 0 Å². The van der Waals surface area contributed by atoms with E-state index in [0.717, 1.165) is 11.1 Å². The Morgan fingerprint density at radius 1 is 1.19 bits per heavy atom. The number of aliphatic carboxylic acids is 1. The van der Waals surface area contributed by atoms with Crippen LogP contribution in [0, 0.1) is 19.8 Å². The summed E-state index contributed by atoms with van der Waals surface area (Å²) in [5, 5.41) is 19.0. The second-order valence-corrected chi connectivity index (χ2v) is 4.56. The van der Waals surface area contributed by atoms with Gasteiger partial charge in [0.15, 0.2) is 0 Å². The van der Waals surface area contributed by atoms with E-state index in [2.05, 4.69) is 0 Å². The fourth-order valence-electron chi connectivity index (χ4n) is 1.85. The van der Waals surface area contributed by atoms with Crippen molar-refractivity contribution in [3.05, 3.63) is 28.8 Å². The first-order valence-corrected chi connectivity index (χ1v) is 5.37. The summed E-state index contributed by atoms with van der Waals surface area (Å²) in [4.78, 5) is 11.2. The largest absolute Gasteiger partial charge is 0.508 e. The first-order valence-electron chi connectivity index (χ1n) is 5.37. The highest BCUT2D eigenvalue weighted by Crippen LogP contribution is 2.33. The number of hydrogen-bond acceptors (Lipinski definition) is 2. The number of aryl methyl sites for hydroxylation is 2. The van der Waals surface area contributed by atoms with E-state index in [9.17, 15) is 15.0 Å². The Balaban J connectivity index is 3.30. The fourth-order valence-corrected chi connectivity index (χ4v) is 1.85. The second-order valence-electron chi connectivity index (χ2n) is 4.56. The molecule has 16 heavy (non-hydrogen) atoms. The van der Waals surface area contributed by atoms with Gasteiger partial charge < -0.3 is 10.2 Å². The van der Waals surface area contributed by atoms with Crippen LogP contribution in [0.1, 0.15) is 36.5 Å². The molecule has 3 heteroatoms. The van der Waals surface area contributed by atoms with E-state index in [-0.39, 0.29) is 11.7 Å². The summed E-state index contributed by atoms with van der Waals surface area (Å²) < 4.78 is 0. The molecule has 0 aliphatic rings. The van der Waals surface area contributed by atoms with Crippen molar-refractivity contribution in [2.45, 2.75) is 33.6 Å².